The monoisotopic (exact) mass is 233 g/mol. The lowest BCUT2D eigenvalue weighted by Crippen LogP contribution is -2.05. The molecule has 17 heavy (non-hydrogen) atoms. The Balaban J connectivity index is 1.74. The van der Waals surface area contributed by atoms with Gasteiger partial charge in [-0.1, -0.05) is 0 Å². The SMILES string of the molecule is COc1cc(NCCCc2ncc[nH]2)ncn1. The number of hydrogen-bond donors (Lipinski definition) is 2. The van der Waals surface area contributed by atoms with E-state index in [1.807, 2.05) is 6.20 Å². The molecule has 0 spiro atoms. The van der Waals surface area contributed by atoms with Crippen LogP contribution >= 0.6 is 0 Å². The summed E-state index contributed by atoms with van der Waals surface area (Å²) in [5.41, 5.74) is 0. The highest BCUT2D eigenvalue weighted by Crippen LogP contribution is 2.09. The molecule has 2 aromatic rings. The van der Waals surface area contributed by atoms with E-state index in [1.54, 1.807) is 19.4 Å². The van der Waals surface area contributed by atoms with Crippen molar-refractivity contribution < 1.29 is 4.74 Å². The largest absolute Gasteiger partial charge is 0.481 e. The van der Waals surface area contributed by atoms with Crippen molar-refractivity contribution in [2.45, 2.75) is 12.8 Å². The third-order valence-electron chi connectivity index (χ3n) is 2.30. The van der Waals surface area contributed by atoms with Gasteiger partial charge in [-0.3, -0.25) is 0 Å². The number of aryl methyl sites for hydroxylation is 1. The van der Waals surface area contributed by atoms with E-state index in [0.717, 1.165) is 31.0 Å². The van der Waals surface area contributed by atoms with Gasteiger partial charge in [-0.25, -0.2) is 15.0 Å². The minimum atomic E-state index is 0.563. The van der Waals surface area contributed by atoms with E-state index in [9.17, 15) is 0 Å². The van der Waals surface area contributed by atoms with Crippen LogP contribution in [-0.2, 0) is 6.42 Å². The maximum Gasteiger partial charge on any atom is 0.218 e. The number of nitrogens with one attached hydrogen (secondary N) is 2. The maximum absolute atomic E-state index is 5.01. The number of H-pyrrole nitrogens is 1. The summed E-state index contributed by atoms with van der Waals surface area (Å²) in [6.45, 7) is 0.834. The number of anilines is 1. The van der Waals surface area contributed by atoms with Crippen LogP contribution in [0, 0.1) is 0 Å². The number of methoxy groups -OCH3 is 1. The molecule has 0 radical (unpaired) electrons. The Morgan fingerprint density at radius 1 is 1.35 bits per heavy atom. The number of aromatic amines is 1. The molecule has 0 bridgehead atoms. The molecule has 2 rings (SSSR count). The van der Waals surface area contributed by atoms with Crippen LogP contribution in [-0.4, -0.2) is 33.6 Å². The van der Waals surface area contributed by atoms with Gasteiger partial charge in [0.25, 0.3) is 0 Å². The Morgan fingerprint density at radius 3 is 3.06 bits per heavy atom. The third-order valence-corrected chi connectivity index (χ3v) is 2.30. The molecular formula is C11H15N5O. The Morgan fingerprint density at radius 2 is 2.29 bits per heavy atom. The van der Waals surface area contributed by atoms with Crippen molar-refractivity contribution in [1.82, 2.24) is 19.9 Å². The van der Waals surface area contributed by atoms with Gasteiger partial charge < -0.3 is 15.0 Å². The number of ether oxygens (including phenoxy) is 1. The van der Waals surface area contributed by atoms with Crippen LogP contribution < -0.4 is 10.1 Å². The number of rotatable bonds is 6. The molecule has 0 atom stereocenters. The van der Waals surface area contributed by atoms with E-state index >= 15 is 0 Å². The smallest absolute Gasteiger partial charge is 0.218 e. The van der Waals surface area contributed by atoms with Crippen LogP contribution in [0.25, 0.3) is 0 Å². The van der Waals surface area contributed by atoms with Gasteiger partial charge >= 0.3 is 0 Å². The lowest BCUT2D eigenvalue weighted by Gasteiger charge is -2.05. The summed E-state index contributed by atoms with van der Waals surface area (Å²) >= 11 is 0. The zero-order valence-corrected chi connectivity index (χ0v) is 9.68. The molecule has 0 amide bonds. The topological polar surface area (TPSA) is 75.7 Å². The Kier molecular flexibility index (Phi) is 3.90. The van der Waals surface area contributed by atoms with Crippen molar-refractivity contribution in [3.63, 3.8) is 0 Å². The van der Waals surface area contributed by atoms with E-state index in [1.165, 1.54) is 6.33 Å². The summed E-state index contributed by atoms with van der Waals surface area (Å²) in [4.78, 5) is 15.3. The standard InChI is InChI=1S/C11H15N5O/c1-17-11-7-10(15-8-16-11)12-4-2-3-9-13-5-6-14-9/h5-8H,2-4H2,1H3,(H,13,14)(H,12,15,16). The minimum Gasteiger partial charge on any atom is -0.481 e. The van der Waals surface area contributed by atoms with Crippen molar-refractivity contribution >= 4 is 5.82 Å². The molecule has 6 nitrogen and oxygen atoms in total. The van der Waals surface area contributed by atoms with Crippen LogP contribution in [0.3, 0.4) is 0 Å². The lowest BCUT2D eigenvalue weighted by atomic mass is 10.3. The van der Waals surface area contributed by atoms with Crippen LogP contribution in [0.2, 0.25) is 0 Å². The van der Waals surface area contributed by atoms with Crippen molar-refractivity contribution in [3.05, 3.63) is 30.6 Å². The molecule has 0 fully saturated rings. The van der Waals surface area contributed by atoms with Gasteiger partial charge in [0.15, 0.2) is 0 Å². The predicted octanol–water partition coefficient (Wildman–Crippen LogP) is 1.25. The first-order valence-corrected chi connectivity index (χ1v) is 5.46. The van der Waals surface area contributed by atoms with Crippen LogP contribution in [0.15, 0.2) is 24.8 Å². The molecule has 0 unspecified atom stereocenters. The van der Waals surface area contributed by atoms with E-state index in [4.69, 9.17) is 4.74 Å². The summed E-state index contributed by atoms with van der Waals surface area (Å²) < 4.78 is 5.01. The van der Waals surface area contributed by atoms with E-state index in [0.29, 0.717) is 5.88 Å². The number of nitrogens with zero attached hydrogens (tertiary/aromatic N) is 3. The molecule has 0 aliphatic carbocycles. The second-order valence-electron chi connectivity index (χ2n) is 3.51. The summed E-state index contributed by atoms with van der Waals surface area (Å²) in [7, 11) is 1.59. The van der Waals surface area contributed by atoms with E-state index in [-0.39, 0.29) is 0 Å². The molecular weight excluding hydrogens is 218 g/mol. The van der Waals surface area contributed by atoms with Gasteiger partial charge in [-0.05, 0) is 6.42 Å². The molecule has 0 saturated heterocycles. The first-order valence-electron chi connectivity index (χ1n) is 5.46. The zero-order chi connectivity index (χ0) is 11.9. The number of imidazole rings is 1. The highest BCUT2D eigenvalue weighted by atomic mass is 16.5. The Labute approximate surface area is 99.5 Å². The van der Waals surface area contributed by atoms with Gasteiger partial charge in [0.1, 0.15) is 18.0 Å². The highest BCUT2D eigenvalue weighted by molar-refractivity contribution is 5.36. The second kappa shape index (κ2) is 5.83. The molecule has 2 heterocycles. The fourth-order valence-corrected chi connectivity index (χ4v) is 1.45. The Hall–Kier alpha value is -2.11. The van der Waals surface area contributed by atoms with Gasteiger partial charge in [0.05, 0.1) is 7.11 Å². The predicted molar refractivity (Wildman–Crippen MR) is 64.0 cm³/mol. The normalized spacial score (nSPS) is 10.2. The first-order chi connectivity index (χ1) is 8.38. The summed E-state index contributed by atoms with van der Waals surface area (Å²) in [5.74, 6) is 2.34. The van der Waals surface area contributed by atoms with Crippen LogP contribution in [0.5, 0.6) is 5.88 Å². The molecule has 2 aromatic heterocycles. The van der Waals surface area contributed by atoms with Crippen molar-refractivity contribution in [3.8, 4) is 5.88 Å². The quantitative estimate of drug-likeness (QED) is 0.734. The summed E-state index contributed by atoms with van der Waals surface area (Å²) in [6, 6.07) is 1.77. The zero-order valence-electron chi connectivity index (χ0n) is 9.68. The van der Waals surface area contributed by atoms with E-state index < -0.39 is 0 Å². The number of hydrogen-bond acceptors (Lipinski definition) is 5. The van der Waals surface area contributed by atoms with Gasteiger partial charge in [0, 0.05) is 31.4 Å². The van der Waals surface area contributed by atoms with Crippen molar-refractivity contribution in [2.75, 3.05) is 19.0 Å². The molecule has 2 N–H and O–H groups in total. The van der Waals surface area contributed by atoms with Crippen LogP contribution in [0.1, 0.15) is 12.2 Å². The molecule has 0 saturated carbocycles. The fourth-order valence-electron chi connectivity index (χ4n) is 1.45. The number of aromatic nitrogens is 4. The van der Waals surface area contributed by atoms with Gasteiger partial charge in [0.2, 0.25) is 5.88 Å². The van der Waals surface area contributed by atoms with E-state index in [2.05, 4.69) is 25.3 Å². The van der Waals surface area contributed by atoms with Crippen LogP contribution in [0.4, 0.5) is 5.82 Å². The first kappa shape index (κ1) is 11.4. The van der Waals surface area contributed by atoms with Gasteiger partial charge in [-0.2, -0.15) is 0 Å². The van der Waals surface area contributed by atoms with Gasteiger partial charge in [-0.15, -0.1) is 0 Å². The molecule has 6 heteroatoms. The molecule has 0 aromatic carbocycles. The fraction of sp³-hybridized carbons (Fsp3) is 0.364. The summed E-state index contributed by atoms with van der Waals surface area (Å²) in [6.07, 6.45) is 6.98. The van der Waals surface area contributed by atoms with Crippen molar-refractivity contribution in [2.24, 2.45) is 0 Å². The summed E-state index contributed by atoms with van der Waals surface area (Å²) in [5, 5.41) is 3.21. The molecule has 90 valence electrons. The average molecular weight is 233 g/mol. The minimum absolute atomic E-state index is 0.563. The third kappa shape index (κ3) is 3.44. The lowest BCUT2D eigenvalue weighted by molar-refractivity contribution is 0.397. The molecule has 0 aliphatic rings. The average Bonchev–Trinajstić information content (AvgIpc) is 2.88. The molecule has 0 aliphatic heterocycles. The van der Waals surface area contributed by atoms with Crippen molar-refractivity contribution in [1.29, 1.82) is 0 Å². The Bertz CT molecular complexity index is 443. The second-order valence-corrected chi connectivity index (χ2v) is 3.51. The maximum atomic E-state index is 5.01. The highest BCUT2D eigenvalue weighted by Gasteiger charge is 1.98.